The minimum atomic E-state index is -4.92. The number of rotatable bonds is 3. The highest BCUT2D eigenvalue weighted by atomic mass is 19.4. The van der Waals surface area contributed by atoms with E-state index in [1.165, 1.54) is 6.92 Å². The van der Waals surface area contributed by atoms with Gasteiger partial charge < -0.3 is 15.2 Å². The molecule has 2 N–H and O–H groups in total. The van der Waals surface area contributed by atoms with E-state index in [9.17, 15) is 18.0 Å². The highest BCUT2D eigenvalue weighted by Gasteiger charge is 2.34. The van der Waals surface area contributed by atoms with Crippen LogP contribution in [0, 0.1) is 6.92 Å². The maximum atomic E-state index is 12.2. The maximum Gasteiger partial charge on any atom is 0.573 e. The summed E-state index contributed by atoms with van der Waals surface area (Å²) in [5, 5.41) is 0. The van der Waals surface area contributed by atoms with Crippen LogP contribution in [0.1, 0.15) is 21.6 Å². The van der Waals surface area contributed by atoms with Crippen molar-refractivity contribution in [3.05, 3.63) is 23.0 Å². The van der Waals surface area contributed by atoms with Gasteiger partial charge in [-0.05, 0) is 12.5 Å². The van der Waals surface area contributed by atoms with Gasteiger partial charge in [-0.25, -0.2) is 4.79 Å². The third-order valence-corrected chi connectivity index (χ3v) is 2.20. The summed E-state index contributed by atoms with van der Waals surface area (Å²) in [7, 11) is 1.06. The van der Waals surface area contributed by atoms with Crippen molar-refractivity contribution >= 4 is 5.97 Å². The first kappa shape index (κ1) is 14.2. The SMILES string of the molecule is COC(=O)c1c(OC(F)(F)F)cnc(CN)c1C. The van der Waals surface area contributed by atoms with Gasteiger partial charge in [0.1, 0.15) is 5.56 Å². The quantitative estimate of drug-likeness (QED) is 0.838. The molecule has 0 aliphatic carbocycles. The van der Waals surface area contributed by atoms with Gasteiger partial charge in [-0.1, -0.05) is 0 Å². The van der Waals surface area contributed by atoms with Gasteiger partial charge in [-0.15, -0.1) is 13.2 Å². The average molecular weight is 264 g/mol. The molecular formula is C10H11F3N2O3. The molecule has 0 saturated carbocycles. The lowest BCUT2D eigenvalue weighted by atomic mass is 10.1. The van der Waals surface area contributed by atoms with Crippen molar-refractivity contribution in [2.24, 2.45) is 5.73 Å². The zero-order chi connectivity index (χ0) is 13.9. The largest absolute Gasteiger partial charge is 0.573 e. The summed E-state index contributed by atoms with van der Waals surface area (Å²) in [6.45, 7) is 1.41. The predicted octanol–water partition coefficient (Wildman–Crippen LogP) is 1.53. The number of carbonyl (C=O) groups excluding carboxylic acids is 1. The maximum absolute atomic E-state index is 12.2. The second-order valence-electron chi connectivity index (χ2n) is 3.31. The lowest BCUT2D eigenvalue weighted by Crippen LogP contribution is -2.21. The fraction of sp³-hybridized carbons (Fsp3) is 0.400. The third-order valence-electron chi connectivity index (χ3n) is 2.20. The van der Waals surface area contributed by atoms with E-state index in [2.05, 4.69) is 14.5 Å². The van der Waals surface area contributed by atoms with Crippen LogP contribution in [0.5, 0.6) is 5.75 Å². The van der Waals surface area contributed by atoms with Crippen molar-refractivity contribution in [2.45, 2.75) is 19.8 Å². The van der Waals surface area contributed by atoms with E-state index in [-0.39, 0.29) is 17.7 Å². The zero-order valence-corrected chi connectivity index (χ0v) is 9.67. The van der Waals surface area contributed by atoms with Crippen LogP contribution in [0.3, 0.4) is 0 Å². The molecule has 0 radical (unpaired) electrons. The van der Waals surface area contributed by atoms with E-state index >= 15 is 0 Å². The smallest absolute Gasteiger partial charge is 0.465 e. The van der Waals surface area contributed by atoms with Crippen LogP contribution >= 0.6 is 0 Å². The predicted molar refractivity (Wildman–Crippen MR) is 54.9 cm³/mol. The lowest BCUT2D eigenvalue weighted by molar-refractivity contribution is -0.274. The van der Waals surface area contributed by atoms with Crippen molar-refractivity contribution in [3.8, 4) is 5.75 Å². The molecule has 0 unspecified atom stereocenters. The summed E-state index contributed by atoms with van der Waals surface area (Å²) in [6, 6.07) is 0. The van der Waals surface area contributed by atoms with Crippen LogP contribution < -0.4 is 10.5 Å². The fourth-order valence-corrected chi connectivity index (χ4v) is 1.39. The molecule has 0 aliphatic heterocycles. The summed E-state index contributed by atoms with van der Waals surface area (Å²) in [5.41, 5.74) is 5.53. The number of ether oxygens (including phenoxy) is 2. The van der Waals surface area contributed by atoms with E-state index in [1.807, 2.05) is 0 Å². The molecule has 0 atom stereocenters. The summed E-state index contributed by atoms with van der Waals surface area (Å²) < 4.78 is 44.7. The summed E-state index contributed by atoms with van der Waals surface area (Å²) in [5.74, 6) is -1.65. The van der Waals surface area contributed by atoms with Gasteiger partial charge in [0, 0.05) is 6.54 Å². The fourth-order valence-electron chi connectivity index (χ4n) is 1.39. The van der Waals surface area contributed by atoms with Gasteiger partial charge in [0.15, 0.2) is 5.75 Å². The van der Waals surface area contributed by atoms with E-state index in [4.69, 9.17) is 5.73 Å². The number of nitrogens with zero attached hydrogens (tertiary/aromatic N) is 1. The van der Waals surface area contributed by atoms with Crippen molar-refractivity contribution in [1.29, 1.82) is 0 Å². The highest BCUT2D eigenvalue weighted by molar-refractivity contribution is 5.94. The number of halogens is 3. The molecule has 1 aromatic heterocycles. The molecule has 1 rings (SSSR count). The Morgan fingerprint density at radius 3 is 2.56 bits per heavy atom. The molecule has 5 nitrogen and oxygen atoms in total. The van der Waals surface area contributed by atoms with E-state index in [1.54, 1.807) is 0 Å². The monoisotopic (exact) mass is 264 g/mol. The van der Waals surface area contributed by atoms with Gasteiger partial charge in [0.2, 0.25) is 0 Å². The van der Waals surface area contributed by atoms with Crippen molar-refractivity contribution < 1.29 is 27.4 Å². The van der Waals surface area contributed by atoms with E-state index < -0.39 is 18.1 Å². The van der Waals surface area contributed by atoms with Crippen molar-refractivity contribution in [1.82, 2.24) is 4.98 Å². The minimum absolute atomic E-state index is 0.0118. The number of methoxy groups -OCH3 is 1. The first-order chi connectivity index (χ1) is 8.30. The molecule has 0 amide bonds. The summed E-state index contributed by atoms with van der Waals surface area (Å²) in [6.07, 6.45) is -4.12. The van der Waals surface area contributed by atoms with Gasteiger partial charge in [-0.3, -0.25) is 4.98 Å². The Morgan fingerprint density at radius 1 is 1.50 bits per heavy atom. The third kappa shape index (κ3) is 3.10. The van der Waals surface area contributed by atoms with Gasteiger partial charge in [0.05, 0.1) is 19.0 Å². The zero-order valence-electron chi connectivity index (χ0n) is 9.67. The number of aromatic nitrogens is 1. The topological polar surface area (TPSA) is 74.4 Å². The first-order valence-corrected chi connectivity index (χ1v) is 4.82. The van der Waals surface area contributed by atoms with Crippen LogP contribution in [-0.2, 0) is 11.3 Å². The molecule has 8 heteroatoms. The molecule has 0 bridgehead atoms. The van der Waals surface area contributed by atoms with Crippen LogP contribution in [-0.4, -0.2) is 24.4 Å². The molecule has 1 aromatic rings. The van der Waals surface area contributed by atoms with Crippen molar-refractivity contribution in [2.75, 3.05) is 7.11 Å². The normalized spacial score (nSPS) is 11.2. The molecule has 18 heavy (non-hydrogen) atoms. The minimum Gasteiger partial charge on any atom is -0.465 e. The molecule has 0 aliphatic rings. The van der Waals surface area contributed by atoms with E-state index in [0.29, 0.717) is 5.69 Å². The molecule has 100 valence electrons. The Kier molecular flexibility index (Phi) is 4.12. The second kappa shape index (κ2) is 5.21. The number of hydrogen-bond acceptors (Lipinski definition) is 5. The number of hydrogen-bond donors (Lipinski definition) is 1. The Bertz CT molecular complexity index is 460. The number of nitrogens with two attached hydrogens (primary N) is 1. The van der Waals surface area contributed by atoms with Crippen molar-refractivity contribution in [3.63, 3.8) is 0 Å². The Morgan fingerprint density at radius 2 is 2.11 bits per heavy atom. The van der Waals surface area contributed by atoms with Crippen LogP contribution in [0.4, 0.5) is 13.2 Å². The molecule has 1 heterocycles. The molecule has 0 saturated heterocycles. The van der Waals surface area contributed by atoms with Gasteiger partial charge in [0.25, 0.3) is 0 Å². The first-order valence-electron chi connectivity index (χ1n) is 4.82. The number of pyridine rings is 1. The molecule has 0 fully saturated rings. The highest BCUT2D eigenvalue weighted by Crippen LogP contribution is 2.29. The standard InChI is InChI=1S/C10H11F3N2O3/c1-5-6(3-14)15-4-7(18-10(11,12)13)8(5)9(16)17-2/h4H,3,14H2,1-2H3. The Labute approximate surface area is 101 Å². The van der Waals surface area contributed by atoms with Crippen LogP contribution in [0.15, 0.2) is 6.20 Å². The van der Waals surface area contributed by atoms with Crippen LogP contribution in [0.2, 0.25) is 0 Å². The summed E-state index contributed by atoms with van der Waals surface area (Å²) >= 11 is 0. The van der Waals surface area contributed by atoms with Crippen LogP contribution in [0.25, 0.3) is 0 Å². The molecule has 0 aromatic carbocycles. The Balaban J connectivity index is 3.34. The Hall–Kier alpha value is -1.83. The molecule has 0 spiro atoms. The second-order valence-corrected chi connectivity index (χ2v) is 3.31. The van der Waals surface area contributed by atoms with Gasteiger partial charge in [-0.2, -0.15) is 0 Å². The number of carbonyl (C=O) groups is 1. The molecular weight excluding hydrogens is 253 g/mol. The average Bonchev–Trinajstić information content (AvgIpc) is 2.26. The lowest BCUT2D eigenvalue weighted by Gasteiger charge is -2.15. The number of alkyl halides is 3. The van der Waals surface area contributed by atoms with E-state index in [0.717, 1.165) is 13.3 Å². The number of esters is 1. The van der Waals surface area contributed by atoms with Gasteiger partial charge >= 0.3 is 12.3 Å². The summed E-state index contributed by atoms with van der Waals surface area (Å²) in [4.78, 5) is 15.2.